The van der Waals surface area contributed by atoms with Gasteiger partial charge in [-0.1, -0.05) is 30.3 Å². The molecule has 4 aliphatic rings. The number of piperidine rings is 3. The van der Waals surface area contributed by atoms with Crippen molar-refractivity contribution in [2.75, 3.05) is 45.9 Å². The van der Waals surface area contributed by atoms with Gasteiger partial charge in [-0.2, -0.15) is 0 Å². The maximum Gasteiger partial charge on any atom is 0.328 e. The molecule has 0 aliphatic carbocycles. The lowest BCUT2D eigenvalue weighted by Gasteiger charge is -2.44. The van der Waals surface area contributed by atoms with Gasteiger partial charge in [0.05, 0.1) is 13.2 Å². The lowest BCUT2D eigenvalue weighted by atomic mass is 9.86. The molecule has 0 saturated carbocycles. The average Bonchev–Trinajstić information content (AvgIpc) is 2.65. The Bertz CT molecular complexity index is 551. The molecule has 2 atom stereocenters. The summed E-state index contributed by atoms with van der Waals surface area (Å²) in [5.74, 6) is 0.446. The van der Waals surface area contributed by atoms with Crippen LogP contribution in [0.4, 0.5) is 0 Å². The van der Waals surface area contributed by atoms with E-state index in [0.717, 1.165) is 51.1 Å². The molecule has 4 heterocycles. The van der Waals surface area contributed by atoms with Gasteiger partial charge in [0.25, 0.3) is 0 Å². The Hall–Kier alpha value is -1.43. The second-order valence-corrected chi connectivity index (χ2v) is 7.07. The quantitative estimate of drug-likeness (QED) is 0.786. The van der Waals surface area contributed by atoms with E-state index in [1.807, 2.05) is 30.3 Å². The van der Waals surface area contributed by atoms with Crippen molar-refractivity contribution in [1.29, 1.82) is 0 Å². The Morgan fingerprint density at radius 3 is 2.42 bits per heavy atom. The highest BCUT2D eigenvalue weighted by Gasteiger charge is 2.39. The van der Waals surface area contributed by atoms with Gasteiger partial charge in [0, 0.05) is 19.6 Å². The first kappa shape index (κ1) is 16.1. The SMILES string of the molecule is O=C(O[C@H]1CN2CCC1CC2)C(c1ccccc1)N1CCOCC1. The summed E-state index contributed by atoms with van der Waals surface area (Å²) in [7, 11) is 0. The maximum atomic E-state index is 13.1. The van der Waals surface area contributed by atoms with E-state index in [0.29, 0.717) is 19.1 Å². The Morgan fingerprint density at radius 2 is 1.79 bits per heavy atom. The topological polar surface area (TPSA) is 42.0 Å². The Morgan fingerprint density at radius 1 is 1.08 bits per heavy atom. The summed E-state index contributed by atoms with van der Waals surface area (Å²) in [6.07, 6.45) is 2.38. The lowest BCUT2D eigenvalue weighted by Crippen LogP contribution is -2.53. The number of carbonyl (C=O) groups excluding carboxylic acids is 1. The van der Waals surface area contributed by atoms with E-state index in [2.05, 4.69) is 9.80 Å². The predicted octanol–water partition coefficient (Wildman–Crippen LogP) is 1.70. The van der Waals surface area contributed by atoms with Gasteiger partial charge in [0.2, 0.25) is 0 Å². The third-order valence-corrected chi connectivity index (χ3v) is 5.61. The first-order valence-electron chi connectivity index (χ1n) is 9.11. The fraction of sp³-hybridized carbons (Fsp3) is 0.632. The van der Waals surface area contributed by atoms with Crippen LogP contribution in [0.3, 0.4) is 0 Å². The predicted molar refractivity (Wildman–Crippen MR) is 90.6 cm³/mol. The van der Waals surface area contributed by atoms with Gasteiger partial charge in [0.15, 0.2) is 0 Å². The fourth-order valence-electron chi connectivity index (χ4n) is 4.22. The average molecular weight is 330 g/mol. The summed E-state index contributed by atoms with van der Waals surface area (Å²) in [6, 6.07) is 9.70. The van der Waals surface area contributed by atoms with Gasteiger partial charge in [0.1, 0.15) is 12.1 Å². The van der Waals surface area contributed by atoms with Crippen LogP contribution in [0.2, 0.25) is 0 Å². The number of carbonyl (C=O) groups is 1. The van der Waals surface area contributed by atoms with Crippen molar-refractivity contribution in [3.8, 4) is 0 Å². The van der Waals surface area contributed by atoms with Crippen molar-refractivity contribution < 1.29 is 14.3 Å². The van der Waals surface area contributed by atoms with Crippen molar-refractivity contribution in [1.82, 2.24) is 9.80 Å². The molecule has 0 aromatic heterocycles. The minimum atomic E-state index is -0.314. The molecule has 4 fully saturated rings. The van der Waals surface area contributed by atoms with Crippen molar-refractivity contribution in [3.63, 3.8) is 0 Å². The van der Waals surface area contributed by atoms with Crippen LogP contribution in [0.25, 0.3) is 0 Å². The molecule has 0 spiro atoms. The number of morpholine rings is 1. The van der Waals surface area contributed by atoms with E-state index in [1.54, 1.807) is 0 Å². The molecule has 4 saturated heterocycles. The van der Waals surface area contributed by atoms with Gasteiger partial charge < -0.3 is 9.47 Å². The van der Waals surface area contributed by atoms with E-state index in [1.165, 1.54) is 0 Å². The third-order valence-electron chi connectivity index (χ3n) is 5.61. The van der Waals surface area contributed by atoms with Gasteiger partial charge in [-0.05, 0) is 37.4 Å². The number of hydrogen-bond donors (Lipinski definition) is 0. The summed E-state index contributed by atoms with van der Waals surface area (Å²) in [4.78, 5) is 17.7. The summed E-state index contributed by atoms with van der Waals surface area (Å²) in [6.45, 7) is 6.12. The molecule has 5 heteroatoms. The minimum absolute atomic E-state index is 0.0623. The lowest BCUT2D eigenvalue weighted by molar-refractivity contribution is -0.167. The molecular weight excluding hydrogens is 304 g/mol. The largest absolute Gasteiger partial charge is 0.459 e. The summed E-state index contributed by atoms with van der Waals surface area (Å²) >= 11 is 0. The minimum Gasteiger partial charge on any atom is -0.459 e. The Balaban J connectivity index is 1.50. The zero-order chi connectivity index (χ0) is 16.4. The molecule has 130 valence electrons. The second-order valence-electron chi connectivity index (χ2n) is 7.07. The van der Waals surface area contributed by atoms with Gasteiger partial charge in [-0.3, -0.25) is 9.80 Å². The summed E-state index contributed by atoms with van der Waals surface area (Å²) in [5.41, 5.74) is 1.02. The van der Waals surface area contributed by atoms with Crippen LogP contribution in [0.1, 0.15) is 24.4 Å². The Labute approximate surface area is 143 Å². The number of fused-ring (bicyclic) bond motifs is 3. The van der Waals surface area contributed by atoms with Crippen LogP contribution in [0, 0.1) is 5.92 Å². The maximum absolute atomic E-state index is 13.1. The van der Waals surface area contributed by atoms with Crippen LogP contribution in [-0.4, -0.2) is 67.8 Å². The normalized spacial score (nSPS) is 31.6. The van der Waals surface area contributed by atoms with Crippen molar-refractivity contribution in [3.05, 3.63) is 35.9 Å². The van der Waals surface area contributed by atoms with Gasteiger partial charge >= 0.3 is 5.97 Å². The molecule has 4 aliphatic heterocycles. The molecule has 1 aromatic carbocycles. The number of ether oxygens (including phenoxy) is 2. The number of hydrogen-bond acceptors (Lipinski definition) is 5. The van der Waals surface area contributed by atoms with Gasteiger partial charge in [-0.15, -0.1) is 0 Å². The van der Waals surface area contributed by atoms with Crippen LogP contribution in [0.15, 0.2) is 30.3 Å². The number of benzene rings is 1. The molecule has 5 rings (SSSR count). The van der Waals surface area contributed by atoms with Crippen molar-refractivity contribution in [2.24, 2.45) is 5.92 Å². The fourth-order valence-corrected chi connectivity index (χ4v) is 4.22. The first-order valence-corrected chi connectivity index (χ1v) is 9.11. The van der Waals surface area contributed by atoms with Crippen LogP contribution >= 0.6 is 0 Å². The molecule has 0 N–H and O–H groups in total. The molecular formula is C19H26N2O3. The molecule has 1 aromatic rings. The van der Waals surface area contributed by atoms with Crippen LogP contribution in [-0.2, 0) is 14.3 Å². The molecule has 5 nitrogen and oxygen atoms in total. The molecule has 0 radical (unpaired) electrons. The highest BCUT2D eigenvalue weighted by Crippen LogP contribution is 2.32. The Kier molecular flexibility index (Phi) is 4.83. The monoisotopic (exact) mass is 330 g/mol. The van der Waals surface area contributed by atoms with Crippen LogP contribution in [0.5, 0.6) is 0 Å². The summed E-state index contributed by atoms with van der Waals surface area (Å²) < 4.78 is 11.5. The van der Waals surface area contributed by atoms with E-state index in [-0.39, 0.29) is 18.1 Å². The van der Waals surface area contributed by atoms with Gasteiger partial charge in [-0.25, -0.2) is 4.79 Å². The highest BCUT2D eigenvalue weighted by molar-refractivity contribution is 5.78. The number of rotatable bonds is 4. The smallest absolute Gasteiger partial charge is 0.328 e. The summed E-state index contributed by atoms with van der Waals surface area (Å²) in [5, 5.41) is 0. The van der Waals surface area contributed by atoms with E-state index >= 15 is 0 Å². The zero-order valence-corrected chi connectivity index (χ0v) is 14.1. The van der Waals surface area contributed by atoms with Crippen molar-refractivity contribution in [2.45, 2.75) is 25.0 Å². The number of esters is 1. The highest BCUT2D eigenvalue weighted by atomic mass is 16.5. The van der Waals surface area contributed by atoms with E-state index in [4.69, 9.17) is 9.47 Å². The molecule has 1 unspecified atom stereocenters. The number of nitrogens with zero attached hydrogens (tertiary/aromatic N) is 2. The van der Waals surface area contributed by atoms with E-state index < -0.39 is 0 Å². The molecule has 24 heavy (non-hydrogen) atoms. The third kappa shape index (κ3) is 3.34. The van der Waals surface area contributed by atoms with E-state index in [9.17, 15) is 4.79 Å². The first-order chi connectivity index (χ1) is 11.8. The standard InChI is InChI=1S/C19H26N2O3/c22-19(24-17-14-20-8-6-15(17)7-9-20)18(16-4-2-1-3-5-16)21-10-12-23-13-11-21/h1-5,15,17-18H,6-14H2/t17-,18?/m0/s1. The molecule has 0 amide bonds. The second kappa shape index (κ2) is 7.21. The zero-order valence-electron chi connectivity index (χ0n) is 14.1. The van der Waals surface area contributed by atoms with Crippen LogP contribution < -0.4 is 0 Å². The van der Waals surface area contributed by atoms with Crippen molar-refractivity contribution >= 4 is 5.97 Å². The molecule has 2 bridgehead atoms.